The Bertz CT molecular complexity index is 2780. The van der Waals surface area contributed by atoms with Gasteiger partial charge in [-0.3, -0.25) is 4.40 Å². The topological polar surface area (TPSA) is 17.3 Å². The van der Waals surface area contributed by atoms with Crippen molar-refractivity contribution in [2.75, 3.05) is 0 Å². The van der Waals surface area contributed by atoms with Crippen LogP contribution in [0.15, 0.2) is 146 Å². The standard InChI is InChI=1S/C41H24N2S/c1-2-16-31-28(13-1)33(24-34-29-14-3-6-20-36(29)43-37-21-7-5-19-35(37)42-41(43)39(31)34)26-12-9-11-25(23-26)27-17-10-18-32-30-15-4-8-22-38(30)44-40(27)32/h1-24H. The predicted molar refractivity (Wildman–Crippen MR) is 189 cm³/mol. The molecule has 3 heteroatoms. The maximum atomic E-state index is 5.21. The van der Waals surface area contributed by atoms with Crippen LogP contribution in [0.25, 0.3) is 91.6 Å². The predicted octanol–water partition coefficient (Wildman–Crippen LogP) is 11.6. The van der Waals surface area contributed by atoms with Gasteiger partial charge in [0.25, 0.3) is 0 Å². The van der Waals surface area contributed by atoms with E-state index in [4.69, 9.17) is 4.98 Å². The molecule has 10 rings (SSSR count). The first-order chi connectivity index (χ1) is 21.8. The molecule has 0 atom stereocenters. The number of para-hydroxylation sites is 3. The first-order valence-corrected chi connectivity index (χ1v) is 15.8. The summed E-state index contributed by atoms with van der Waals surface area (Å²) in [7, 11) is 0. The van der Waals surface area contributed by atoms with E-state index < -0.39 is 0 Å². The summed E-state index contributed by atoms with van der Waals surface area (Å²) in [4.78, 5) is 5.21. The SMILES string of the molecule is c1cc(-c2cc3c4ccccc4n4c5ccccc5nc4c3c3ccccc23)cc(-c2cccc3c2sc2ccccc23)c1. The van der Waals surface area contributed by atoms with Gasteiger partial charge in [-0.25, -0.2) is 4.98 Å². The Morgan fingerprint density at radius 2 is 1.11 bits per heavy atom. The number of aromatic nitrogens is 2. The summed E-state index contributed by atoms with van der Waals surface area (Å²) >= 11 is 1.88. The van der Waals surface area contributed by atoms with Crippen LogP contribution < -0.4 is 0 Å². The van der Waals surface area contributed by atoms with Gasteiger partial charge in [-0.1, -0.05) is 109 Å². The average Bonchev–Trinajstić information content (AvgIpc) is 3.67. The highest BCUT2D eigenvalue weighted by Crippen LogP contribution is 2.43. The number of hydrogen-bond acceptors (Lipinski definition) is 2. The fourth-order valence-electron chi connectivity index (χ4n) is 7.23. The molecule has 0 saturated carbocycles. The van der Waals surface area contributed by atoms with E-state index in [9.17, 15) is 0 Å². The van der Waals surface area contributed by atoms with Crippen molar-refractivity contribution in [3.8, 4) is 22.3 Å². The van der Waals surface area contributed by atoms with Crippen molar-refractivity contribution in [3.63, 3.8) is 0 Å². The summed E-state index contributed by atoms with van der Waals surface area (Å²) in [6.45, 7) is 0. The van der Waals surface area contributed by atoms with Crippen LogP contribution >= 0.6 is 11.3 Å². The molecule has 7 aromatic carbocycles. The van der Waals surface area contributed by atoms with Crippen molar-refractivity contribution < 1.29 is 0 Å². The third-order valence-electron chi connectivity index (χ3n) is 9.15. The van der Waals surface area contributed by atoms with Crippen molar-refractivity contribution in [1.29, 1.82) is 0 Å². The molecular weight excluding hydrogens is 553 g/mol. The van der Waals surface area contributed by atoms with Gasteiger partial charge in [-0.2, -0.15) is 0 Å². The van der Waals surface area contributed by atoms with E-state index in [1.807, 2.05) is 11.3 Å². The first-order valence-electron chi connectivity index (χ1n) is 15.0. The fraction of sp³-hybridized carbons (Fsp3) is 0. The molecule has 0 saturated heterocycles. The summed E-state index contributed by atoms with van der Waals surface area (Å²) in [5.41, 5.74) is 9.32. The Hall–Kier alpha value is -5.51. The lowest BCUT2D eigenvalue weighted by atomic mass is 9.90. The zero-order valence-electron chi connectivity index (χ0n) is 23.7. The minimum atomic E-state index is 1.01. The molecule has 0 spiro atoms. The number of fused-ring (bicyclic) bond motifs is 13. The number of imidazole rings is 1. The van der Waals surface area contributed by atoms with E-state index in [0.29, 0.717) is 0 Å². The third kappa shape index (κ3) is 3.27. The third-order valence-corrected chi connectivity index (χ3v) is 10.4. The lowest BCUT2D eigenvalue weighted by molar-refractivity contribution is 1.32. The fourth-order valence-corrected chi connectivity index (χ4v) is 8.47. The normalized spacial score (nSPS) is 12.1. The molecule has 0 aliphatic rings. The Labute approximate surface area is 257 Å². The highest BCUT2D eigenvalue weighted by atomic mass is 32.1. The van der Waals surface area contributed by atoms with Crippen molar-refractivity contribution in [1.82, 2.24) is 9.38 Å². The second-order valence-corrected chi connectivity index (χ2v) is 12.6. The van der Waals surface area contributed by atoms with E-state index in [-0.39, 0.29) is 0 Å². The Morgan fingerprint density at radius 1 is 0.455 bits per heavy atom. The average molecular weight is 577 g/mol. The van der Waals surface area contributed by atoms with Gasteiger partial charge in [-0.05, 0) is 74.8 Å². The molecule has 44 heavy (non-hydrogen) atoms. The maximum Gasteiger partial charge on any atom is 0.147 e. The van der Waals surface area contributed by atoms with Gasteiger partial charge in [0, 0.05) is 30.9 Å². The molecule has 0 amide bonds. The molecule has 0 bridgehead atoms. The maximum absolute atomic E-state index is 5.21. The van der Waals surface area contributed by atoms with Crippen molar-refractivity contribution in [2.24, 2.45) is 0 Å². The van der Waals surface area contributed by atoms with Gasteiger partial charge in [0.15, 0.2) is 0 Å². The smallest absolute Gasteiger partial charge is 0.147 e. The second-order valence-electron chi connectivity index (χ2n) is 11.5. The highest BCUT2D eigenvalue weighted by Gasteiger charge is 2.18. The molecule has 10 aromatic rings. The van der Waals surface area contributed by atoms with Crippen LogP contribution in [0, 0.1) is 0 Å². The van der Waals surface area contributed by atoms with Gasteiger partial charge in [0.2, 0.25) is 0 Å². The van der Waals surface area contributed by atoms with E-state index in [0.717, 1.165) is 16.7 Å². The number of benzene rings is 7. The largest absolute Gasteiger partial charge is 0.292 e. The van der Waals surface area contributed by atoms with Gasteiger partial charge in [0.1, 0.15) is 5.65 Å². The number of thiophene rings is 1. The molecular formula is C41H24N2S. The molecule has 204 valence electrons. The Balaban J connectivity index is 1.29. The summed E-state index contributed by atoms with van der Waals surface area (Å²) in [6, 6.07) is 53.0. The van der Waals surface area contributed by atoms with E-state index in [2.05, 4.69) is 150 Å². The van der Waals surface area contributed by atoms with Crippen LogP contribution in [0.5, 0.6) is 0 Å². The molecule has 0 radical (unpaired) electrons. The Morgan fingerprint density at radius 3 is 2.00 bits per heavy atom. The molecule has 0 aliphatic carbocycles. The first kappa shape index (κ1) is 24.0. The van der Waals surface area contributed by atoms with E-state index >= 15 is 0 Å². The summed E-state index contributed by atoms with van der Waals surface area (Å²) in [6.07, 6.45) is 0. The van der Waals surface area contributed by atoms with Crippen molar-refractivity contribution in [2.45, 2.75) is 0 Å². The number of pyridine rings is 1. The zero-order chi connectivity index (χ0) is 28.8. The lowest BCUT2D eigenvalue weighted by Gasteiger charge is -2.15. The monoisotopic (exact) mass is 576 g/mol. The number of rotatable bonds is 2. The van der Waals surface area contributed by atoms with Crippen LogP contribution in [0.3, 0.4) is 0 Å². The molecule has 2 nitrogen and oxygen atoms in total. The lowest BCUT2D eigenvalue weighted by Crippen LogP contribution is -1.94. The zero-order valence-corrected chi connectivity index (χ0v) is 24.5. The minimum Gasteiger partial charge on any atom is -0.292 e. The van der Waals surface area contributed by atoms with Gasteiger partial charge >= 0.3 is 0 Å². The van der Waals surface area contributed by atoms with E-state index in [1.165, 1.54) is 74.9 Å². The van der Waals surface area contributed by atoms with Gasteiger partial charge in [0.05, 0.1) is 16.6 Å². The molecule has 3 aromatic heterocycles. The quantitative estimate of drug-likeness (QED) is 0.187. The summed E-state index contributed by atoms with van der Waals surface area (Å²) in [5, 5.41) is 8.78. The minimum absolute atomic E-state index is 1.01. The molecule has 0 N–H and O–H groups in total. The van der Waals surface area contributed by atoms with Crippen molar-refractivity contribution >= 4 is 80.6 Å². The number of hydrogen-bond donors (Lipinski definition) is 0. The molecule has 0 fully saturated rings. The van der Waals surface area contributed by atoms with Gasteiger partial charge < -0.3 is 0 Å². The van der Waals surface area contributed by atoms with Crippen LogP contribution in [0.2, 0.25) is 0 Å². The second kappa shape index (κ2) is 9.00. The van der Waals surface area contributed by atoms with Crippen LogP contribution in [0.1, 0.15) is 0 Å². The molecule has 0 aliphatic heterocycles. The summed E-state index contributed by atoms with van der Waals surface area (Å²) in [5.74, 6) is 0. The molecule has 3 heterocycles. The van der Waals surface area contributed by atoms with Crippen LogP contribution in [0.4, 0.5) is 0 Å². The molecule has 0 unspecified atom stereocenters. The van der Waals surface area contributed by atoms with Crippen LogP contribution in [-0.4, -0.2) is 9.38 Å². The number of nitrogens with zero attached hydrogens (tertiary/aromatic N) is 2. The van der Waals surface area contributed by atoms with Crippen LogP contribution in [-0.2, 0) is 0 Å². The van der Waals surface area contributed by atoms with E-state index in [1.54, 1.807) is 0 Å². The Kier molecular flexibility index (Phi) is 4.90. The van der Waals surface area contributed by atoms with Crippen molar-refractivity contribution in [3.05, 3.63) is 146 Å². The summed E-state index contributed by atoms with van der Waals surface area (Å²) < 4.78 is 5.01. The van der Waals surface area contributed by atoms with Gasteiger partial charge in [-0.15, -0.1) is 11.3 Å². The highest BCUT2D eigenvalue weighted by molar-refractivity contribution is 7.26.